The Kier molecular flexibility index (Phi) is 3.63. The number of halogens is 5. The maximum atomic E-state index is 13.6. The third-order valence-corrected chi connectivity index (χ3v) is 2.63. The Morgan fingerprint density at radius 2 is 1.81 bits per heavy atom. The third kappa shape index (κ3) is 2.99. The van der Waals surface area contributed by atoms with Crippen LogP contribution in [0, 0.1) is 11.6 Å². The summed E-state index contributed by atoms with van der Waals surface area (Å²) in [7, 11) is 0. The molecule has 0 radical (unpaired) electrons. The van der Waals surface area contributed by atoms with Gasteiger partial charge in [-0.3, -0.25) is 4.98 Å². The lowest BCUT2D eigenvalue weighted by atomic mass is 10.0. The predicted octanol–water partition coefficient (Wildman–Crippen LogP) is 3.74. The molecule has 8 heteroatoms. The van der Waals surface area contributed by atoms with E-state index in [1.165, 1.54) is 0 Å². The van der Waals surface area contributed by atoms with Crippen LogP contribution >= 0.6 is 0 Å². The van der Waals surface area contributed by atoms with Crippen LogP contribution in [-0.2, 0) is 6.18 Å². The lowest BCUT2D eigenvalue weighted by Crippen LogP contribution is -2.10. The SMILES string of the molecule is O=C(O)c1cc(C(F)(F)F)cnc1-c1ccc(F)cc1F. The summed E-state index contributed by atoms with van der Waals surface area (Å²) >= 11 is 0. The van der Waals surface area contributed by atoms with Crippen molar-refractivity contribution >= 4 is 5.97 Å². The van der Waals surface area contributed by atoms with Gasteiger partial charge >= 0.3 is 12.1 Å². The number of benzene rings is 1. The second-order valence-electron chi connectivity index (χ2n) is 4.05. The first-order chi connectivity index (χ1) is 9.70. The Balaban J connectivity index is 2.66. The number of alkyl halides is 3. The average molecular weight is 303 g/mol. The fraction of sp³-hybridized carbons (Fsp3) is 0.0769. The molecule has 0 unspecified atom stereocenters. The second-order valence-corrected chi connectivity index (χ2v) is 4.05. The molecule has 0 fully saturated rings. The third-order valence-electron chi connectivity index (χ3n) is 2.63. The minimum absolute atomic E-state index is 0.355. The van der Waals surface area contributed by atoms with E-state index in [1.807, 2.05) is 0 Å². The molecule has 21 heavy (non-hydrogen) atoms. The van der Waals surface area contributed by atoms with E-state index in [-0.39, 0.29) is 0 Å². The van der Waals surface area contributed by atoms with E-state index in [9.17, 15) is 26.7 Å². The summed E-state index contributed by atoms with van der Waals surface area (Å²) in [5.41, 5.74) is -3.00. The maximum Gasteiger partial charge on any atom is 0.417 e. The lowest BCUT2D eigenvalue weighted by molar-refractivity contribution is -0.137. The van der Waals surface area contributed by atoms with Gasteiger partial charge in [-0.25, -0.2) is 13.6 Å². The fourth-order valence-corrected chi connectivity index (χ4v) is 1.68. The smallest absolute Gasteiger partial charge is 0.417 e. The molecule has 110 valence electrons. The highest BCUT2D eigenvalue weighted by Gasteiger charge is 2.33. The van der Waals surface area contributed by atoms with Gasteiger partial charge in [0.1, 0.15) is 11.6 Å². The topological polar surface area (TPSA) is 50.2 Å². The van der Waals surface area contributed by atoms with Crippen LogP contribution in [0.25, 0.3) is 11.3 Å². The zero-order valence-corrected chi connectivity index (χ0v) is 10.1. The van der Waals surface area contributed by atoms with Crippen molar-refractivity contribution in [3.05, 3.63) is 53.2 Å². The molecule has 2 rings (SSSR count). The van der Waals surface area contributed by atoms with Crippen LogP contribution in [0.5, 0.6) is 0 Å². The summed E-state index contributed by atoms with van der Waals surface area (Å²) in [4.78, 5) is 14.4. The summed E-state index contributed by atoms with van der Waals surface area (Å²) in [6.45, 7) is 0. The molecule has 0 amide bonds. The number of carbonyl (C=O) groups is 1. The molecule has 0 spiro atoms. The van der Waals surface area contributed by atoms with Crippen LogP contribution in [0.1, 0.15) is 15.9 Å². The molecular formula is C13H6F5NO2. The highest BCUT2D eigenvalue weighted by molar-refractivity contribution is 5.95. The molecule has 1 aromatic heterocycles. The summed E-state index contributed by atoms with van der Waals surface area (Å²) < 4.78 is 64.1. The van der Waals surface area contributed by atoms with Crippen molar-refractivity contribution in [2.24, 2.45) is 0 Å². The molecule has 1 N–H and O–H groups in total. The Morgan fingerprint density at radius 1 is 1.14 bits per heavy atom. The molecule has 0 aliphatic heterocycles. The molecule has 2 aromatic rings. The van der Waals surface area contributed by atoms with Crippen molar-refractivity contribution in [3.8, 4) is 11.3 Å². The van der Waals surface area contributed by atoms with Crippen molar-refractivity contribution in [1.82, 2.24) is 4.98 Å². The minimum atomic E-state index is -4.78. The summed E-state index contributed by atoms with van der Waals surface area (Å²) in [6.07, 6.45) is -4.39. The summed E-state index contributed by atoms with van der Waals surface area (Å²) in [6, 6.07) is 2.60. The molecule has 0 aliphatic carbocycles. The number of rotatable bonds is 2. The van der Waals surface area contributed by atoms with E-state index >= 15 is 0 Å². The van der Waals surface area contributed by atoms with E-state index in [1.54, 1.807) is 0 Å². The number of aromatic nitrogens is 1. The van der Waals surface area contributed by atoms with Crippen LogP contribution in [0.2, 0.25) is 0 Å². The van der Waals surface area contributed by atoms with Gasteiger partial charge in [0.05, 0.1) is 16.8 Å². The number of carboxylic acids is 1. The number of carboxylic acid groups (broad SMARTS) is 1. The van der Waals surface area contributed by atoms with Crippen molar-refractivity contribution in [2.75, 3.05) is 0 Å². The second kappa shape index (κ2) is 5.12. The van der Waals surface area contributed by atoms with Gasteiger partial charge in [0.15, 0.2) is 0 Å². The highest BCUT2D eigenvalue weighted by Crippen LogP contribution is 2.32. The predicted molar refractivity (Wildman–Crippen MR) is 61.6 cm³/mol. The largest absolute Gasteiger partial charge is 0.478 e. The van der Waals surface area contributed by atoms with Crippen LogP contribution in [-0.4, -0.2) is 16.1 Å². The Labute approximate surface area is 114 Å². The average Bonchev–Trinajstić information content (AvgIpc) is 2.37. The normalized spacial score (nSPS) is 11.5. The first-order valence-electron chi connectivity index (χ1n) is 5.46. The molecule has 1 aromatic carbocycles. The van der Waals surface area contributed by atoms with Crippen molar-refractivity contribution in [3.63, 3.8) is 0 Å². The standard InChI is InChI=1S/C13H6F5NO2/c14-7-1-2-8(10(15)4-7)11-9(12(20)21)3-6(5-19-11)13(16,17)18/h1-5H,(H,20,21). The first-order valence-corrected chi connectivity index (χ1v) is 5.46. The van der Waals surface area contributed by atoms with Crippen LogP contribution in [0.15, 0.2) is 30.5 Å². The van der Waals surface area contributed by atoms with E-state index in [0.29, 0.717) is 18.3 Å². The van der Waals surface area contributed by atoms with Crippen molar-refractivity contribution in [2.45, 2.75) is 6.18 Å². The molecule has 0 saturated heterocycles. The fourth-order valence-electron chi connectivity index (χ4n) is 1.68. The van der Waals surface area contributed by atoms with Gasteiger partial charge < -0.3 is 5.11 Å². The zero-order chi connectivity index (χ0) is 15.8. The molecule has 3 nitrogen and oxygen atoms in total. The summed E-state index contributed by atoms with van der Waals surface area (Å²) in [5, 5.41) is 8.96. The Bertz CT molecular complexity index is 712. The zero-order valence-electron chi connectivity index (χ0n) is 10.1. The molecule has 0 saturated carbocycles. The highest BCUT2D eigenvalue weighted by atomic mass is 19.4. The molecular weight excluding hydrogens is 297 g/mol. The Morgan fingerprint density at radius 3 is 2.33 bits per heavy atom. The van der Waals surface area contributed by atoms with Crippen LogP contribution in [0.4, 0.5) is 22.0 Å². The lowest BCUT2D eigenvalue weighted by Gasteiger charge is -2.11. The maximum absolute atomic E-state index is 13.6. The number of hydrogen-bond donors (Lipinski definition) is 1. The van der Waals surface area contributed by atoms with Gasteiger partial charge in [-0.05, 0) is 18.2 Å². The van der Waals surface area contributed by atoms with Crippen LogP contribution < -0.4 is 0 Å². The van der Waals surface area contributed by atoms with E-state index < -0.39 is 46.2 Å². The quantitative estimate of drug-likeness (QED) is 0.860. The van der Waals surface area contributed by atoms with Gasteiger partial charge in [-0.1, -0.05) is 0 Å². The molecule has 0 atom stereocenters. The monoisotopic (exact) mass is 303 g/mol. The molecule has 0 aliphatic rings. The minimum Gasteiger partial charge on any atom is -0.478 e. The van der Waals surface area contributed by atoms with Gasteiger partial charge in [0, 0.05) is 17.8 Å². The van der Waals surface area contributed by atoms with Gasteiger partial charge in [-0.2, -0.15) is 13.2 Å². The molecule has 0 bridgehead atoms. The van der Waals surface area contributed by atoms with Gasteiger partial charge in [-0.15, -0.1) is 0 Å². The van der Waals surface area contributed by atoms with E-state index in [0.717, 1.165) is 12.1 Å². The van der Waals surface area contributed by atoms with Gasteiger partial charge in [0.25, 0.3) is 0 Å². The first kappa shape index (κ1) is 14.9. The number of nitrogens with zero attached hydrogens (tertiary/aromatic N) is 1. The van der Waals surface area contributed by atoms with Crippen molar-refractivity contribution < 1.29 is 31.9 Å². The number of pyridine rings is 1. The summed E-state index contributed by atoms with van der Waals surface area (Å²) in [5.74, 6) is -3.72. The number of aromatic carboxylic acids is 1. The Hall–Kier alpha value is -2.51. The van der Waals surface area contributed by atoms with Gasteiger partial charge in [0.2, 0.25) is 0 Å². The number of hydrogen-bond acceptors (Lipinski definition) is 2. The van der Waals surface area contributed by atoms with E-state index in [4.69, 9.17) is 5.11 Å². The van der Waals surface area contributed by atoms with Crippen molar-refractivity contribution in [1.29, 1.82) is 0 Å². The molecule has 1 heterocycles. The van der Waals surface area contributed by atoms with Crippen LogP contribution in [0.3, 0.4) is 0 Å². The van der Waals surface area contributed by atoms with E-state index in [2.05, 4.69) is 4.98 Å².